The molecule has 0 heterocycles. The molecule has 0 bridgehead atoms. The van der Waals surface area contributed by atoms with Crippen molar-refractivity contribution in [1.29, 1.82) is 0 Å². The summed E-state index contributed by atoms with van der Waals surface area (Å²) in [6, 6.07) is 5.38. The second-order valence-corrected chi connectivity index (χ2v) is 5.05. The number of amides is 1. The SMILES string of the molecule is COCCNC(=O)COc1ccc(CNC2CC2)cc1F. The van der Waals surface area contributed by atoms with E-state index in [-0.39, 0.29) is 18.3 Å². The highest BCUT2D eigenvalue weighted by Gasteiger charge is 2.20. The van der Waals surface area contributed by atoms with E-state index in [0.29, 0.717) is 25.7 Å². The predicted octanol–water partition coefficient (Wildman–Crippen LogP) is 1.22. The Hall–Kier alpha value is -1.66. The third-order valence-corrected chi connectivity index (χ3v) is 3.16. The Bertz CT molecular complexity index is 478. The van der Waals surface area contributed by atoms with Crippen LogP contribution in [-0.2, 0) is 16.1 Å². The second kappa shape index (κ2) is 7.95. The van der Waals surface area contributed by atoms with Gasteiger partial charge in [0.15, 0.2) is 18.2 Å². The van der Waals surface area contributed by atoms with Crippen LogP contribution >= 0.6 is 0 Å². The molecule has 1 amide bonds. The number of hydrogen-bond donors (Lipinski definition) is 2. The van der Waals surface area contributed by atoms with Gasteiger partial charge in [-0.2, -0.15) is 0 Å². The van der Waals surface area contributed by atoms with Crippen LogP contribution in [0.5, 0.6) is 5.75 Å². The average molecular weight is 296 g/mol. The van der Waals surface area contributed by atoms with Gasteiger partial charge in [-0.1, -0.05) is 6.07 Å². The van der Waals surface area contributed by atoms with E-state index < -0.39 is 5.82 Å². The molecule has 21 heavy (non-hydrogen) atoms. The molecule has 5 nitrogen and oxygen atoms in total. The van der Waals surface area contributed by atoms with Crippen LogP contribution in [0.15, 0.2) is 18.2 Å². The van der Waals surface area contributed by atoms with Crippen molar-refractivity contribution in [3.8, 4) is 5.75 Å². The van der Waals surface area contributed by atoms with Crippen LogP contribution in [0.4, 0.5) is 4.39 Å². The number of halogens is 1. The molecule has 0 aromatic heterocycles. The summed E-state index contributed by atoms with van der Waals surface area (Å²) >= 11 is 0. The Kier molecular flexibility index (Phi) is 5.95. The van der Waals surface area contributed by atoms with Crippen LogP contribution in [0.25, 0.3) is 0 Å². The lowest BCUT2D eigenvalue weighted by Crippen LogP contribution is -2.31. The number of hydrogen-bond acceptors (Lipinski definition) is 4. The van der Waals surface area contributed by atoms with Crippen LogP contribution in [0.2, 0.25) is 0 Å². The van der Waals surface area contributed by atoms with Gasteiger partial charge < -0.3 is 20.1 Å². The van der Waals surface area contributed by atoms with Gasteiger partial charge in [0.2, 0.25) is 0 Å². The van der Waals surface area contributed by atoms with Crippen molar-refractivity contribution in [2.45, 2.75) is 25.4 Å². The van der Waals surface area contributed by atoms with Crippen molar-refractivity contribution in [2.24, 2.45) is 0 Å². The highest BCUT2D eigenvalue weighted by atomic mass is 19.1. The summed E-state index contributed by atoms with van der Waals surface area (Å²) in [4.78, 5) is 11.4. The van der Waals surface area contributed by atoms with Crippen molar-refractivity contribution >= 4 is 5.91 Å². The van der Waals surface area contributed by atoms with Crippen molar-refractivity contribution in [3.05, 3.63) is 29.6 Å². The van der Waals surface area contributed by atoms with Gasteiger partial charge in [0.05, 0.1) is 6.61 Å². The first-order valence-electron chi connectivity index (χ1n) is 7.09. The van der Waals surface area contributed by atoms with Crippen molar-refractivity contribution in [2.75, 3.05) is 26.9 Å². The molecule has 1 saturated carbocycles. The first kappa shape index (κ1) is 15.7. The largest absolute Gasteiger partial charge is 0.481 e. The molecule has 0 saturated heterocycles. The number of nitrogens with one attached hydrogen (secondary N) is 2. The maximum absolute atomic E-state index is 13.8. The summed E-state index contributed by atoms with van der Waals surface area (Å²) in [5.74, 6) is -0.659. The van der Waals surface area contributed by atoms with Gasteiger partial charge in [-0.05, 0) is 30.5 Å². The van der Waals surface area contributed by atoms with Crippen LogP contribution in [0, 0.1) is 5.82 Å². The average Bonchev–Trinajstić information content (AvgIpc) is 3.28. The normalized spacial score (nSPS) is 14.0. The molecule has 2 N–H and O–H groups in total. The van der Waals surface area contributed by atoms with E-state index in [4.69, 9.17) is 9.47 Å². The second-order valence-electron chi connectivity index (χ2n) is 5.05. The molecular formula is C15H21FN2O3. The summed E-state index contributed by atoms with van der Waals surface area (Å²) in [6.07, 6.45) is 2.39. The van der Waals surface area contributed by atoms with Gasteiger partial charge in [0.1, 0.15) is 0 Å². The lowest BCUT2D eigenvalue weighted by molar-refractivity contribution is -0.123. The minimum absolute atomic E-state index is 0.0899. The van der Waals surface area contributed by atoms with E-state index in [2.05, 4.69) is 10.6 Å². The van der Waals surface area contributed by atoms with Gasteiger partial charge in [0.25, 0.3) is 5.91 Å². The minimum atomic E-state index is -0.449. The van der Waals surface area contributed by atoms with Crippen LogP contribution < -0.4 is 15.4 Å². The van der Waals surface area contributed by atoms with E-state index in [0.717, 1.165) is 5.56 Å². The number of carbonyl (C=O) groups excluding carboxylic acids is 1. The molecule has 1 aromatic rings. The first-order chi connectivity index (χ1) is 10.2. The molecule has 0 atom stereocenters. The quantitative estimate of drug-likeness (QED) is 0.673. The maximum atomic E-state index is 13.8. The van der Waals surface area contributed by atoms with E-state index in [9.17, 15) is 9.18 Å². The zero-order valence-electron chi connectivity index (χ0n) is 12.2. The fourth-order valence-electron chi connectivity index (χ4n) is 1.81. The monoisotopic (exact) mass is 296 g/mol. The Morgan fingerprint density at radius 1 is 1.43 bits per heavy atom. The summed E-state index contributed by atoms with van der Waals surface area (Å²) < 4.78 is 23.8. The molecule has 6 heteroatoms. The zero-order valence-corrected chi connectivity index (χ0v) is 12.2. The molecule has 2 rings (SSSR count). The Balaban J connectivity index is 1.75. The summed E-state index contributed by atoms with van der Waals surface area (Å²) in [6.45, 7) is 1.29. The van der Waals surface area contributed by atoms with Crippen molar-refractivity contribution < 1.29 is 18.7 Å². The van der Waals surface area contributed by atoms with Crippen molar-refractivity contribution in [3.63, 3.8) is 0 Å². The standard InChI is InChI=1S/C15H21FN2O3/c1-20-7-6-17-15(19)10-21-14-5-2-11(8-13(14)16)9-18-12-3-4-12/h2,5,8,12,18H,3-4,6-7,9-10H2,1H3,(H,17,19). The van der Waals surface area contributed by atoms with Gasteiger partial charge >= 0.3 is 0 Å². The van der Waals surface area contributed by atoms with Gasteiger partial charge in [0, 0.05) is 26.2 Å². The van der Waals surface area contributed by atoms with Crippen LogP contribution in [0.3, 0.4) is 0 Å². The number of carbonyl (C=O) groups is 1. The van der Waals surface area contributed by atoms with E-state index in [1.165, 1.54) is 18.9 Å². The Labute approximate surface area is 123 Å². The highest BCUT2D eigenvalue weighted by molar-refractivity contribution is 5.77. The first-order valence-corrected chi connectivity index (χ1v) is 7.09. The fraction of sp³-hybridized carbons (Fsp3) is 0.533. The number of methoxy groups -OCH3 is 1. The molecular weight excluding hydrogens is 275 g/mol. The minimum Gasteiger partial charge on any atom is -0.481 e. The molecule has 1 aromatic carbocycles. The fourth-order valence-corrected chi connectivity index (χ4v) is 1.81. The summed E-state index contributed by atoms with van der Waals surface area (Å²) in [5, 5.41) is 5.92. The molecule has 1 aliphatic carbocycles. The summed E-state index contributed by atoms with van der Waals surface area (Å²) in [5.41, 5.74) is 0.872. The van der Waals surface area contributed by atoms with Crippen molar-refractivity contribution in [1.82, 2.24) is 10.6 Å². The van der Waals surface area contributed by atoms with Gasteiger partial charge in [-0.15, -0.1) is 0 Å². The number of rotatable bonds is 9. The molecule has 1 aliphatic rings. The number of benzene rings is 1. The van der Waals surface area contributed by atoms with E-state index in [1.807, 2.05) is 0 Å². The molecule has 0 radical (unpaired) electrons. The Morgan fingerprint density at radius 3 is 2.90 bits per heavy atom. The topological polar surface area (TPSA) is 59.6 Å². The third-order valence-electron chi connectivity index (χ3n) is 3.16. The zero-order chi connectivity index (χ0) is 15.1. The van der Waals surface area contributed by atoms with Gasteiger partial charge in [-0.3, -0.25) is 4.79 Å². The predicted molar refractivity (Wildman–Crippen MR) is 76.6 cm³/mol. The molecule has 116 valence electrons. The molecule has 0 unspecified atom stereocenters. The van der Waals surface area contributed by atoms with Crippen LogP contribution in [0.1, 0.15) is 18.4 Å². The maximum Gasteiger partial charge on any atom is 0.258 e. The molecule has 1 fully saturated rings. The lowest BCUT2D eigenvalue weighted by atomic mass is 10.2. The van der Waals surface area contributed by atoms with Gasteiger partial charge in [-0.25, -0.2) is 4.39 Å². The van der Waals surface area contributed by atoms with Crippen LogP contribution in [-0.4, -0.2) is 38.8 Å². The third kappa shape index (κ3) is 5.69. The van der Waals surface area contributed by atoms with E-state index >= 15 is 0 Å². The number of ether oxygens (including phenoxy) is 2. The molecule has 0 aliphatic heterocycles. The Morgan fingerprint density at radius 2 is 2.24 bits per heavy atom. The lowest BCUT2D eigenvalue weighted by Gasteiger charge is -2.09. The molecule has 0 spiro atoms. The summed E-state index contributed by atoms with van der Waals surface area (Å²) in [7, 11) is 1.55. The smallest absolute Gasteiger partial charge is 0.258 e. The highest BCUT2D eigenvalue weighted by Crippen LogP contribution is 2.21. The van der Waals surface area contributed by atoms with E-state index in [1.54, 1.807) is 19.2 Å².